The molecule has 0 spiro atoms. The minimum atomic E-state index is 0.606. The maximum atomic E-state index is 5.67. The van der Waals surface area contributed by atoms with Crippen molar-refractivity contribution in [2.75, 3.05) is 19.6 Å². The smallest absolute Gasteiger partial charge is 0.0218 e. The van der Waals surface area contributed by atoms with E-state index in [4.69, 9.17) is 5.73 Å². The Hall–Kier alpha value is -0.0800. The van der Waals surface area contributed by atoms with E-state index in [1.807, 2.05) is 0 Å². The van der Waals surface area contributed by atoms with Crippen molar-refractivity contribution in [1.29, 1.82) is 0 Å². The fourth-order valence-electron chi connectivity index (χ4n) is 1.52. The van der Waals surface area contributed by atoms with Gasteiger partial charge in [0.1, 0.15) is 0 Å². The molecule has 0 aliphatic carbocycles. The van der Waals surface area contributed by atoms with Gasteiger partial charge in [-0.3, -0.25) is 4.90 Å². The first-order valence-corrected chi connectivity index (χ1v) is 4.74. The van der Waals surface area contributed by atoms with Gasteiger partial charge in [0.05, 0.1) is 0 Å². The molecule has 0 saturated heterocycles. The zero-order chi connectivity index (χ0) is 8.69. The summed E-state index contributed by atoms with van der Waals surface area (Å²) < 4.78 is 0. The molecule has 0 aromatic rings. The predicted molar refractivity (Wildman–Crippen MR) is 50.7 cm³/mol. The monoisotopic (exact) mass is 158 g/mol. The summed E-state index contributed by atoms with van der Waals surface area (Å²) in [5.74, 6) is 0. The number of rotatable bonds is 6. The largest absolute Gasteiger partial charge is 0.329 e. The third-order valence-electron chi connectivity index (χ3n) is 2.22. The van der Waals surface area contributed by atoms with Crippen molar-refractivity contribution in [1.82, 2.24) is 4.90 Å². The summed E-state index contributed by atoms with van der Waals surface area (Å²) in [6.45, 7) is 9.65. The molecule has 0 bridgehead atoms. The second-order valence-corrected chi connectivity index (χ2v) is 2.90. The zero-order valence-electron chi connectivity index (χ0n) is 8.14. The van der Waals surface area contributed by atoms with Gasteiger partial charge in [0.2, 0.25) is 0 Å². The molecule has 1 unspecified atom stereocenters. The molecule has 11 heavy (non-hydrogen) atoms. The van der Waals surface area contributed by atoms with Gasteiger partial charge in [-0.15, -0.1) is 0 Å². The summed E-state index contributed by atoms with van der Waals surface area (Å²) in [6.07, 6.45) is 2.47. The van der Waals surface area contributed by atoms with E-state index in [1.165, 1.54) is 12.8 Å². The Bertz CT molecular complexity index is 79.6. The average molecular weight is 158 g/mol. The van der Waals surface area contributed by atoms with Crippen LogP contribution in [-0.4, -0.2) is 30.6 Å². The van der Waals surface area contributed by atoms with Crippen molar-refractivity contribution in [3.05, 3.63) is 0 Å². The Balaban J connectivity index is 3.76. The summed E-state index contributed by atoms with van der Waals surface area (Å²) >= 11 is 0. The number of nitrogens with zero attached hydrogens (tertiary/aromatic N) is 1. The lowest BCUT2D eigenvalue weighted by Crippen LogP contribution is -2.40. The Morgan fingerprint density at radius 2 is 1.73 bits per heavy atom. The molecule has 0 amide bonds. The SMILES string of the molecule is CCCC(CN)N(CC)CC. The quantitative estimate of drug-likeness (QED) is 0.634. The van der Waals surface area contributed by atoms with Gasteiger partial charge in [-0.2, -0.15) is 0 Å². The third-order valence-corrected chi connectivity index (χ3v) is 2.22. The molecule has 1 atom stereocenters. The van der Waals surface area contributed by atoms with Crippen LogP contribution in [0.15, 0.2) is 0 Å². The summed E-state index contributed by atoms with van der Waals surface area (Å²) in [7, 11) is 0. The van der Waals surface area contributed by atoms with Crippen LogP contribution < -0.4 is 5.73 Å². The normalized spacial score (nSPS) is 13.9. The van der Waals surface area contributed by atoms with E-state index in [1.54, 1.807) is 0 Å². The molecule has 0 fully saturated rings. The van der Waals surface area contributed by atoms with E-state index in [-0.39, 0.29) is 0 Å². The highest BCUT2D eigenvalue weighted by Gasteiger charge is 2.11. The number of hydrogen-bond acceptors (Lipinski definition) is 2. The number of hydrogen-bond donors (Lipinski definition) is 1. The molecular weight excluding hydrogens is 136 g/mol. The van der Waals surface area contributed by atoms with Crippen LogP contribution in [0.3, 0.4) is 0 Å². The molecular formula is C9H22N2. The van der Waals surface area contributed by atoms with Crippen LogP contribution in [0.1, 0.15) is 33.6 Å². The number of nitrogens with two attached hydrogens (primary N) is 1. The van der Waals surface area contributed by atoms with Crippen LogP contribution >= 0.6 is 0 Å². The molecule has 2 nitrogen and oxygen atoms in total. The molecule has 68 valence electrons. The van der Waals surface area contributed by atoms with Crippen molar-refractivity contribution in [2.45, 2.75) is 39.7 Å². The molecule has 0 saturated carbocycles. The maximum absolute atomic E-state index is 5.67. The first-order chi connectivity index (χ1) is 5.29. The first kappa shape index (κ1) is 10.9. The fourth-order valence-corrected chi connectivity index (χ4v) is 1.52. The van der Waals surface area contributed by atoms with Crippen molar-refractivity contribution in [3.8, 4) is 0 Å². The van der Waals surface area contributed by atoms with Crippen LogP contribution in [0.25, 0.3) is 0 Å². The van der Waals surface area contributed by atoms with Gasteiger partial charge in [-0.1, -0.05) is 27.2 Å². The van der Waals surface area contributed by atoms with E-state index in [9.17, 15) is 0 Å². The molecule has 0 aliphatic rings. The minimum absolute atomic E-state index is 0.606. The van der Waals surface area contributed by atoms with Crippen molar-refractivity contribution in [2.24, 2.45) is 5.73 Å². The van der Waals surface area contributed by atoms with Gasteiger partial charge in [-0.25, -0.2) is 0 Å². The summed E-state index contributed by atoms with van der Waals surface area (Å²) in [5, 5.41) is 0. The summed E-state index contributed by atoms with van der Waals surface area (Å²) in [5.41, 5.74) is 5.67. The van der Waals surface area contributed by atoms with E-state index in [0.717, 1.165) is 19.6 Å². The lowest BCUT2D eigenvalue weighted by Gasteiger charge is -2.28. The van der Waals surface area contributed by atoms with Gasteiger partial charge in [0.25, 0.3) is 0 Å². The van der Waals surface area contributed by atoms with Crippen molar-refractivity contribution in [3.63, 3.8) is 0 Å². The second-order valence-electron chi connectivity index (χ2n) is 2.90. The predicted octanol–water partition coefficient (Wildman–Crippen LogP) is 1.46. The van der Waals surface area contributed by atoms with Gasteiger partial charge in [0.15, 0.2) is 0 Å². The van der Waals surface area contributed by atoms with Crippen LogP contribution in [0, 0.1) is 0 Å². The van der Waals surface area contributed by atoms with Gasteiger partial charge in [0, 0.05) is 12.6 Å². The Morgan fingerprint density at radius 3 is 2.00 bits per heavy atom. The highest BCUT2D eigenvalue weighted by atomic mass is 15.1. The van der Waals surface area contributed by atoms with Crippen LogP contribution in [0.4, 0.5) is 0 Å². The topological polar surface area (TPSA) is 29.3 Å². The van der Waals surface area contributed by atoms with Gasteiger partial charge in [-0.05, 0) is 19.5 Å². The molecule has 2 heteroatoms. The summed E-state index contributed by atoms with van der Waals surface area (Å²) in [6, 6.07) is 0.606. The fraction of sp³-hybridized carbons (Fsp3) is 1.00. The van der Waals surface area contributed by atoms with Gasteiger partial charge < -0.3 is 5.73 Å². The Morgan fingerprint density at radius 1 is 1.18 bits per heavy atom. The standard InChI is InChI=1S/C9H22N2/c1-4-7-9(8-10)11(5-2)6-3/h9H,4-8,10H2,1-3H3. The maximum Gasteiger partial charge on any atom is 0.0218 e. The van der Waals surface area contributed by atoms with Gasteiger partial charge >= 0.3 is 0 Å². The zero-order valence-corrected chi connectivity index (χ0v) is 8.14. The molecule has 0 aromatic carbocycles. The lowest BCUT2D eigenvalue weighted by molar-refractivity contribution is 0.210. The summed E-state index contributed by atoms with van der Waals surface area (Å²) in [4.78, 5) is 2.43. The molecule has 0 rings (SSSR count). The molecule has 0 radical (unpaired) electrons. The molecule has 0 aliphatic heterocycles. The average Bonchev–Trinajstić information content (AvgIpc) is 2.05. The molecule has 0 aromatic heterocycles. The number of likely N-dealkylation sites (N-methyl/N-ethyl adjacent to an activating group) is 1. The van der Waals surface area contributed by atoms with E-state index < -0.39 is 0 Å². The Labute approximate surface area is 70.8 Å². The molecule has 2 N–H and O–H groups in total. The minimum Gasteiger partial charge on any atom is -0.329 e. The van der Waals surface area contributed by atoms with E-state index >= 15 is 0 Å². The molecule has 0 heterocycles. The lowest BCUT2D eigenvalue weighted by atomic mass is 10.1. The van der Waals surface area contributed by atoms with E-state index in [0.29, 0.717) is 6.04 Å². The highest BCUT2D eigenvalue weighted by molar-refractivity contribution is 4.69. The van der Waals surface area contributed by atoms with E-state index in [2.05, 4.69) is 25.7 Å². The third kappa shape index (κ3) is 3.73. The van der Waals surface area contributed by atoms with Crippen molar-refractivity contribution < 1.29 is 0 Å². The van der Waals surface area contributed by atoms with Crippen LogP contribution in [0.5, 0.6) is 0 Å². The highest BCUT2D eigenvalue weighted by Crippen LogP contribution is 2.04. The van der Waals surface area contributed by atoms with Crippen LogP contribution in [0.2, 0.25) is 0 Å². The second kappa shape index (κ2) is 6.62. The first-order valence-electron chi connectivity index (χ1n) is 4.74. The van der Waals surface area contributed by atoms with Crippen LogP contribution in [-0.2, 0) is 0 Å². The Kier molecular flexibility index (Phi) is 6.57. The van der Waals surface area contributed by atoms with Crippen molar-refractivity contribution >= 4 is 0 Å².